The van der Waals surface area contributed by atoms with Crippen LogP contribution in [-0.4, -0.2) is 37.0 Å². The number of H-pyrrole nitrogens is 1. The maximum Gasteiger partial charge on any atom is 0.355 e. The molecule has 23 heavy (non-hydrogen) atoms. The van der Waals surface area contributed by atoms with Crippen molar-refractivity contribution in [3.8, 4) is 0 Å². The molecule has 120 valence electrons. The monoisotopic (exact) mass is 317 g/mol. The molecule has 1 heterocycles. The van der Waals surface area contributed by atoms with E-state index in [9.17, 15) is 14.4 Å². The number of hydrogen-bond acceptors (Lipinski definition) is 6. The average molecular weight is 317 g/mol. The fourth-order valence-electron chi connectivity index (χ4n) is 1.98. The van der Waals surface area contributed by atoms with Crippen LogP contribution in [-0.2, 0) is 9.47 Å². The predicted octanol–water partition coefficient (Wildman–Crippen LogP) is 1.42. The Labute approximate surface area is 131 Å². The first-order chi connectivity index (χ1) is 11.0. The van der Waals surface area contributed by atoms with Crippen molar-refractivity contribution in [1.82, 2.24) is 4.98 Å². The Morgan fingerprint density at radius 3 is 2.17 bits per heavy atom. The smallest absolute Gasteiger partial charge is 0.355 e. The maximum absolute atomic E-state index is 12.3. The summed E-state index contributed by atoms with van der Waals surface area (Å²) >= 11 is 0. The molecule has 0 spiro atoms. The highest BCUT2D eigenvalue weighted by Gasteiger charge is 2.29. The van der Waals surface area contributed by atoms with Crippen LogP contribution in [0.2, 0.25) is 0 Å². The van der Waals surface area contributed by atoms with Gasteiger partial charge in [0.05, 0.1) is 19.9 Å². The molecule has 0 fully saturated rings. The van der Waals surface area contributed by atoms with Crippen LogP contribution in [0.3, 0.4) is 0 Å². The molecule has 0 atom stereocenters. The molecule has 0 aliphatic rings. The van der Waals surface area contributed by atoms with E-state index in [1.807, 2.05) is 0 Å². The zero-order chi connectivity index (χ0) is 17.0. The molecule has 0 aliphatic heterocycles. The third-order valence-corrected chi connectivity index (χ3v) is 3.08. The Balaban J connectivity index is 2.43. The van der Waals surface area contributed by atoms with Gasteiger partial charge in [-0.2, -0.15) is 0 Å². The number of esters is 2. The molecule has 2 aromatic rings. The minimum absolute atomic E-state index is 0.130. The van der Waals surface area contributed by atoms with Crippen molar-refractivity contribution in [1.29, 1.82) is 0 Å². The topological polar surface area (TPSA) is 124 Å². The minimum atomic E-state index is -0.849. The number of ether oxygens (including phenoxy) is 2. The standard InChI is InChI=1S/C15H15N3O5/c1-22-14(20)9-10(16)12(18-11(9)15(21)23-2)13(19)17-8-6-4-3-5-7-8/h3-7,18H,16H2,1-2H3,(H,17,19). The third-order valence-electron chi connectivity index (χ3n) is 3.08. The van der Waals surface area contributed by atoms with E-state index in [1.165, 1.54) is 0 Å². The fraction of sp³-hybridized carbons (Fsp3) is 0.133. The lowest BCUT2D eigenvalue weighted by Gasteiger charge is -2.04. The number of methoxy groups -OCH3 is 2. The Kier molecular flexibility index (Phi) is 4.65. The summed E-state index contributed by atoms with van der Waals surface area (Å²) in [5.74, 6) is -2.29. The first-order valence-electron chi connectivity index (χ1n) is 6.54. The number of amides is 1. The fourth-order valence-corrected chi connectivity index (χ4v) is 1.98. The van der Waals surface area contributed by atoms with Crippen LogP contribution in [0.15, 0.2) is 30.3 Å². The molecule has 1 aromatic heterocycles. The lowest BCUT2D eigenvalue weighted by Crippen LogP contribution is -2.14. The summed E-state index contributed by atoms with van der Waals surface area (Å²) in [6.07, 6.45) is 0. The van der Waals surface area contributed by atoms with E-state index in [0.717, 1.165) is 14.2 Å². The van der Waals surface area contributed by atoms with Crippen LogP contribution in [0.1, 0.15) is 31.3 Å². The number of carbonyl (C=O) groups excluding carboxylic acids is 3. The highest BCUT2D eigenvalue weighted by molar-refractivity contribution is 6.14. The number of carbonyl (C=O) groups is 3. The molecule has 0 saturated carbocycles. The third kappa shape index (κ3) is 3.15. The van der Waals surface area contributed by atoms with E-state index in [1.54, 1.807) is 30.3 Å². The highest BCUT2D eigenvalue weighted by atomic mass is 16.5. The number of hydrogen-bond donors (Lipinski definition) is 3. The zero-order valence-electron chi connectivity index (χ0n) is 12.5. The lowest BCUT2D eigenvalue weighted by atomic mass is 10.2. The molecule has 0 bridgehead atoms. The number of nitrogen functional groups attached to an aromatic ring is 1. The summed E-state index contributed by atoms with van der Waals surface area (Å²) in [4.78, 5) is 38.4. The van der Waals surface area contributed by atoms with Crippen LogP contribution >= 0.6 is 0 Å². The lowest BCUT2D eigenvalue weighted by molar-refractivity contribution is 0.0552. The molecule has 1 aromatic carbocycles. The number of nitrogens with one attached hydrogen (secondary N) is 2. The van der Waals surface area contributed by atoms with Gasteiger partial charge in [-0.25, -0.2) is 9.59 Å². The number of aromatic nitrogens is 1. The van der Waals surface area contributed by atoms with Crippen molar-refractivity contribution in [3.63, 3.8) is 0 Å². The molecule has 0 radical (unpaired) electrons. The highest BCUT2D eigenvalue weighted by Crippen LogP contribution is 2.24. The van der Waals surface area contributed by atoms with Gasteiger partial charge in [-0.15, -0.1) is 0 Å². The van der Waals surface area contributed by atoms with E-state index < -0.39 is 17.8 Å². The van der Waals surface area contributed by atoms with Crippen molar-refractivity contribution in [2.75, 3.05) is 25.3 Å². The number of rotatable bonds is 4. The SMILES string of the molecule is COC(=O)c1[nH]c(C(=O)Nc2ccccc2)c(N)c1C(=O)OC. The molecular formula is C15H15N3O5. The molecular weight excluding hydrogens is 302 g/mol. The number of benzene rings is 1. The van der Waals surface area contributed by atoms with Gasteiger partial charge in [-0.1, -0.05) is 18.2 Å². The number of nitrogens with two attached hydrogens (primary N) is 1. The van der Waals surface area contributed by atoms with E-state index in [4.69, 9.17) is 5.73 Å². The zero-order valence-corrected chi connectivity index (χ0v) is 12.5. The van der Waals surface area contributed by atoms with Gasteiger partial charge in [0, 0.05) is 5.69 Å². The second kappa shape index (κ2) is 6.65. The Morgan fingerprint density at radius 2 is 1.61 bits per heavy atom. The first kappa shape index (κ1) is 16.1. The average Bonchev–Trinajstić information content (AvgIpc) is 2.91. The van der Waals surface area contributed by atoms with Crippen molar-refractivity contribution in [2.24, 2.45) is 0 Å². The second-order valence-electron chi connectivity index (χ2n) is 4.47. The number of para-hydroxylation sites is 1. The van der Waals surface area contributed by atoms with E-state index >= 15 is 0 Å². The van der Waals surface area contributed by atoms with Crippen molar-refractivity contribution in [3.05, 3.63) is 47.3 Å². The van der Waals surface area contributed by atoms with Crippen LogP contribution in [0.4, 0.5) is 11.4 Å². The summed E-state index contributed by atoms with van der Waals surface area (Å²) in [5.41, 5.74) is 5.56. The summed E-state index contributed by atoms with van der Waals surface area (Å²) in [6.45, 7) is 0. The molecule has 8 nitrogen and oxygen atoms in total. The molecule has 2 rings (SSSR count). The molecule has 1 amide bonds. The van der Waals surface area contributed by atoms with Crippen molar-refractivity contribution in [2.45, 2.75) is 0 Å². The van der Waals surface area contributed by atoms with Crippen LogP contribution in [0.25, 0.3) is 0 Å². The Morgan fingerprint density at radius 1 is 1.00 bits per heavy atom. The quantitative estimate of drug-likeness (QED) is 0.733. The molecule has 4 N–H and O–H groups in total. The van der Waals surface area contributed by atoms with Gasteiger partial charge in [-0.05, 0) is 12.1 Å². The Bertz CT molecular complexity index is 752. The van der Waals surface area contributed by atoms with E-state index in [-0.39, 0.29) is 22.6 Å². The van der Waals surface area contributed by atoms with Crippen LogP contribution < -0.4 is 11.1 Å². The van der Waals surface area contributed by atoms with Gasteiger partial charge in [-0.3, -0.25) is 4.79 Å². The normalized spacial score (nSPS) is 10.0. The van der Waals surface area contributed by atoms with Crippen LogP contribution in [0.5, 0.6) is 0 Å². The molecule has 0 aliphatic carbocycles. The second-order valence-corrected chi connectivity index (χ2v) is 4.47. The van der Waals surface area contributed by atoms with Gasteiger partial charge < -0.3 is 25.5 Å². The molecule has 0 saturated heterocycles. The van der Waals surface area contributed by atoms with Gasteiger partial charge in [0.1, 0.15) is 17.0 Å². The number of anilines is 2. The number of aromatic amines is 1. The summed E-state index contributed by atoms with van der Waals surface area (Å²) in [7, 11) is 2.28. The van der Waals surface area contributed by atoms with Gasteiger partial charge >= 0.3 is 11.9 Å². The first-order valence-corrected chi connectivity index (χ1v) is 6.54. The van der Waals surface area contributed by atoms with Crippen molar-refractivity contribution < 1.29 is 23.9 Å². The summed E-state index contributed by atoms with van der Waals surface area (Å²) < 4.78 is 9.16. The summed E-state index contributed by atoms with van der Waals surface area (Å²) in [5, 5.41) is 2.60. The maximum atomic E-state index is 12.3. The largest absolute Gasteiger partial charge is 0.465 e. The predicted molar refractivity (Wildman–Crippen MR) is 82.3 cm³/mol. The summed E-state index contributed by atoms with van der Waals surface area (Å²) in [6, 6.07) is 8.64. The van der Waals surface area contributed by atoms with Gasteiger partial charge in [0.25, 0.3) is 5.91 Å². The molecule has 8 heteroatoms. The minimum Gasteiger partial charge on any atom is -0.465 e. The van der Waals surface area contributed by atoms with Gasteiger partial charge in [0.2, 0.25) is 0 Å². The Hall–Kier alpha value is -3.29. The van der Waals surface area contributed by atoms with Crippen LogP contribution in [0, 0.1) is 0 Å². The van der Waals surface area contributed by atoms with E-state index in [0.29, 0.717) is 5.69 Å². The van der Waals surface area contributed by atoms with E-state index in [2.05, 4.69) is 19.8 Å². The van der Waals surface area contributed by atoms with Gasteiger partial charge in [0.15, 0.2) is 0 Å². The molecule has 0 unspecified atom stereocenters. The van der Waals surface area contributed by atoms with Crippen molar-refractivity contribution >= 4 is 29.2 Å².